The second kappa shape index (κ2) is 5.94. The maximum Gasteiger partial charge on any atom is 0.158 e. The van der Waals surface area contributed by atoms with E-state index in [1.807, 2.05) is 20.0 Å². The Morgan fingerprint density at radius 2 is 2.16 bits per heavy atom. The van der Waals surface area contributed by atoms with Gasteiger partial charge in [-0.15, -0.1) is 0 Å². The fraction of sp³-hybridized carbons (Fsp3) is 0.714. The van der Waals surface area contributed by atoms with Gasteiger partial charge in [0.1, 0.15) is 6.10 Å². The van der Waals surface area contributed by atoms with Gasteiger partial charge >= 0.3 is 0 Å². The van der Waals surface area contributed by atoms with Crippen molar-refractivity contribution >= 4 is 0 Å². The lowest BCUT2D eigenvalue weighted by molar-refractivity contribution is -0.0443. The van der Waals surface area contributed by atoms with Gasteiger partial charge in [0, 0.05) is 42.6 Å². The maximum absolute atomic E-state index is 5.89. The van der Waals surface area contributed by atoms with Crippen LogP contribution in [0.4, 0.5) is 0 Å². The van der Waals surface area contributed by atoms with E-state index in [1.165, 1.54) is 0 Å². The summed E-state index contributed by atoms with van der Waals surface area (Å²) in [5, 5.41) is 0. The fourth-order valence-corrected chi connectivity index (χ4v) is 2.39. The summed E-state index contributed by atoms with van der Waals surface area (Å²) < 4.78 is 5.80. The van der Waals surface area contributed by atoms with Crippen molar-refractivity contribution in [3.05, 3.63) is 23.3 Å². The number of aromatic nitrogens is 2. The molecule has 2 atom stereocenters. The Bertz CT molecular complexity index is 433. The second-order valence-electron chi connectivity index (χ2n) is 5.51. The van der Waals surface area contributed by atoms with Crippen molar-refractivity contribution in [3.63, 3.8) is 0 Å². The predicted octanol–water partition coefficient (Wildman–Crippen LogP) is 1.59. The minimum atomic E-state index is -0.0338. The molecule has 5 nitrogen and oxygen atoms in total. The van der Waals surface area contributed by atoms with E-state index in [1.54, 1.807) is 0 Å². The summed E-state index contributed by atoms with van der Waals surface area (Å²) in [4.78, 5) is 11.4. The van der Waals surface area contributed by atoms with E-state index in [4.69, 9.17) is 10.5 Å². The molecule has 1 aromatic rings. The second-order valence-corrected chi connectivity index (χ2v) is 5.51. The number of rotatable bonds is 3. The number of ether oxygens (including phenoxy) is 1. The number of aryl methyl sites for hydroxylation is 1. The highest BCUT2D eigenvalue weighted by atomic mass is 16.5. The van der Waals surface area contributed by atoms with Gasteiger partial charge in [-0.1, -0.05) is 0 Å². The Morgan fingerprint density at radius 3 is 2.74 bits per heavy atom. The first-order chi connectivity index (χ1) is 8.99. The molecule has 0 amide bonds. The van der Waals surface area contributed by atoms with Crippen LogP contribution in [0.3, 0.4) is 0 Å². The molecule has 5 heteroatoms. The zero-order valence-corrected chi connectivity index (χ0v) is 12.3. The molecule has 19 heavy (non-hydrogen) atoms. The zero-order valence-electron chi connectivity index (χ0n) is 12.3. The van der Waals surface area contributed by atoms with Crippen LogP contribution < -0.4 is 5.73 Å². The molecular formula is C14H24N4O. The standard InChI is InChI=1S/C14H24N4O/c1-9(2)18-5-6-19-13(8-18)14-16-7-12(10(3)15)11(4)17-14/h7,9-10,13H,5-6,8,15H2,1-4H3/t10-,13?/m1/s1. The molecule has 2 rings (SSSR count). The Hall–Kier alpha value is -1.04. The maximum atomic E-state index is 5.89. The lowest BCUT2D eigenvalue weighted by Gasteiger charge is -2.34. The van der Waals surface area contributed by atoms with Gasteiger partial charge in [-0.2, -0.15) is 0 Å². The van der Waals surface area contributed by atoms with E-state index in [-0.39, 0.29) is 12.1 Å². The molecule has 1 unspecified atom stereocenters. The van der Waals surface area contributed by atoms with Crippen LogP contribution in [0.1, 0.15) is 50.0 Å². The number of nitrogens with two attached hydrogens (primary N) is 1. The summed E-state index contributed by atoms with van der Waals surface area (Å²) in [6, 6.07) is 0.490. The summed E-state index contributed by atoms with van der Waals surface area (Å²) in [5.74, 6) is 0.771. The number of nitrogens with zero attached hydrogens (tertiary/aromatic N) is 3. The number of hydrogen-bond acceptors (Lipinski definition) is 5. The first-order valence-corrected chi connectivity index (χ1v) is 6.93. The zero-order chi connectivity index (χ0) is 14.0. The molecule has 1 aliphatic rings. The summed E-state index contributed by atoms with van der Waals surface area (Å²) in [5.41, 5.74) is 7.83. The summed E-state index contributed by atoms with van der Waals surface area (Å²) in [7, 11) is 0. The van der Waals surface area contributed by atoms with Gasteiger partial charge in [0.15, 0.2) is 5.82 Å². The molecule has 0 saturated carbocycles. The van der Waals surface area contributed by atoms with E-state index >= 15 is 0 Å². The van der Waals surface area contributed by atoms with Crippen LogP contribution >= 0.6 is 0 Å². The van der Waals surface area contributed by atoms with Crippen LogP contribution in [0.5, 0.6) is 0 Å². The monoisotopic (exact) mass is 264 g/mol. The van der Waals surface area contributed by atoms with E-state index < -0.39 is 0 Å². The third kappa shape index (κ3) is 3.29. The minimum absolute atomic E-state index is 0.0306. The molecule has 1 aliphatic heterocycles. The largest absolute Gasteiger partial charge is 0.368 e. The topological polar surface area (TPSA) is 64.3 Å². The lowest BCUT2D eigenvalue weighted by Crippen LogP contribution is -2.42. The third-order valence-electron chi connectivity index (χ3n) is 3.64. The molecule has 0 bridgehead atoms. The van der Waals surface area contributed by atoms with Gasteiger partial charge in [-0.05, 0) is 27.7 Å². The Kier molecular flexibility index (Phi) is 4.50. The molecule has 2 heterocycles. The normalized spacial score (nSPS) is 22.7. The molecular weight excluding hydrogens is 240 g/mol. The summed E-state index contributed by atoms with van der Waals surface area (Å²) in [6.07, 6.45) is 1.80. The highest BCUT2D eigenvalue weighted by Crippen LogP contribution is 2.22. The first kappa shape index (κ1) is 14.4. The van der Waals surface area contributed by atoms with Crippen molar-refractivity contribution in [2.45, 2.75) is 45.9 Å². The van der Waals surface area contributed by atoms with E-state index in [0.717, 1.165) is 36.8 Å². The Labute approximate surface area is 115 Å². The van der Waals surface area contributed by atoms with Gasteiger partial charge in [0.25, 0.3) is 0 Å². The molecule has 0 radical (unpaired) electrons. The SMILES string of the molecule is Cc1nc(C2CN(C(C)C)CCO2)ncc1[C@@H](C)N. The van der Waals surface area contributed by atoms with Crippen molar-refractivity contribution < 1.29 is 4.74 Å². The highest BCUT2D eigenvalue weighted by molar-refractivity contribution is 5.20. The lowest BCUT2D eigenvalue weighted by atomic mass is 10.1. The van der Waals surface area contributed by atoms with Gasteiger partial charge in [0.05, 0.1) is 6.61 Å². The van der Waals surface area contributed by atoms with E-state index in [2.05, 4.69) is 28.7 Å². The highest BCUT2D eigenvalue weighted by Gasteiger charge is 2.26. The molecule has 1 fully saturated rings. The quantitative estimate of drug-likeness (QED) is 0.898. The predicted molar refractivity (Wildman–Crippen MR) is 74.8 cm³/mol. The van der Waals surface area contributed by atoms with Crippen molar-refractivity contribution in [1.82, 2.24) is 14.9 Å². The average Bonchev–Trinajstić information content (AvgIpc) is 2.38. The first-order valence-electron chi connectivity index (χ1n) is 6.93. The van der Waals surface area contributed by atoms with Crippen LogP contribution in [0.25, 0.3) is 0 Å². The van der Waals surface area contributed by atoms with Crippen LogP contribution in [0, 0.1) is 6.92 Å². The molecule has 1 saturated heterocycles. The molecule has 106 valence electrons. The van der Waals surface area contributed by atoms with Crippen LogP contribution in [-0.2, 0) is 4.74 Å². The van der Waals surface area contributed by atoms with Gasteiger partial charge in [-0.25, -0.2) is 9.97 Å². The van der Waals surface area contributed by atoms with E-state index in [0.29, 0.717) is 6.04 Å². The Balaban J connectivity index is 2.15. The van der Waals surface area contributed by atoms with Gasteiger partial charge in [-0.3, -0.25) is 4.90 Å². The number of hydrogen-bond donors (Lipinski definition) is 1. The molecule has 1 aromatic heterocycles. The summed E-state index contributed by atoms with van der Waals surface area (Å²) >= 11 is 0. The van der Waals surface area contributed by atoms with E-state index in [9.17, 15) is 0 Å². The van der Waals surface area contributed by atoms with Crippen molar-refractivity contribution in [2.24, 2.45) is 5.73 Å². The van der Waals surface area contributed by atoms with Crippen molar-refractivity contribution in [1.29, 1.82) is 0 Å². The van der Waals surface area contributed by atoms with Crippen LogP contribution in [0.15, 0.2) is 6.20 Å². The smallest absolute Gasteiger partial charge is 0.158 e. The molecule has 2 N–H and O–H groups in total. The minimum Gasteiger partial charge on any atom is -0.368 e. The van der Waals surface area contributed by atoms with Crippen LogP contribution in [0.2, 0.25) is 0 Å². The molecule has 0 aliphatic carbocycles. The molecule has 0 aromatic carbocycles. The number of morpholine rings is 1. The summed E-state index contributed by atoms with van der Waals surface area (Å²) in [6.45, 7) is 10.9. The van der Waals surface area contributed by atoms with Crippen molar-refractivity contribution in [3.8, 4) is 0 Å². The Morgan fingerprint density at radius 1 is 1.42 bits per heavy atom. The van der Waals surface area contributed by atoms with Gasteiger partial charge < -0.3 is 10.5 Å². The van der Waals surface area contributed by atoms with Crippen LogP contribution in [-0.4, -0.2) is 40.6 Å². The fourth-order valence-electron chi connectivity index (χ4n) is 2.39. The average molecular weight is 264 g/mol. The third-order valence-corrected chi connectivity index (χ3v) is 3.64. The van der Waals surface area contributed by atoms with Gasteiger partial charge in [0.2, 0.25) is 0 Å². The van der Waals surface area contributed by atoms with Crippen molar-refractivity contribution in [2.75, 3.05) is 19.7 Å². The molecule has 0 spiro atoms.